The number of nitrogens with one attached hydrogen (secondary N) is 1. The second-order valence-electron chi connectivity index (χ2n) is 4.51. The van der Waals surface area contributed by atoms with Gasteiger partial charge in [0.2, 0.25) is 5.91 Å². The second-order valence-corrected chi connectivity index (χ2v) is 5.59. The molecule has 1 heterocycles. The highest BCUT2D eigenvalue weighted by Crippen LogP contribution is 2.17. The summed E-state index contributed by atoms with van der Waals surface area (Å²) < 4.78 is 0.936. The highest BCUT2D eigenvalue weighted by molar-refractivity contribution is 14.1. The zero-order chi connectivity index (χ0) is 13.3. The minimum absolute atomic E-state index is 0.00832. The first-order valence-corrected chi connectivity index (χ1v) is 6.89. The second kappa shape index (κ2) is 5.26. The van der Waals surface area contributed by atoms with E-state index in [4.69, 9.17) is 0 Å². The Morgan fingerprint density at radius 3 is 2.83 bits per heavy atom. The van der Waals surface area contributed by atoms with Crippen molar-refractivity contribution in [1.29, 1.82) is 0 Å². The van der Waals surface area contributed by atoms with Crippen LogP contribution in [0.2, 0.25) is 0 Å². The quantitative estimate of drug-likeness (QED) is 0.816. The lowest BCUT2D eigenvalue weighted by Crippen LogP contribution is -2.40. The van der Waals surface area contributed by atoms with E-state index in [0.717, 1.165) is 9.13 Å². The van der Waals surface area contributed by atoms with Crippen molar-refractivity contribution in [2.24, 2.45) is 0 Å². The van der Waals surface area contributed by atoms with Crippen LogP contribution >= 0.6 is 22.6 Å². The van der Waals surface area contributed by atoms with Gasteiger partial charge in [-0.25, -0.2) is 0 Å². The molecule has 0 spiro atoms. The number of amides is 2. The van der Waals surface area contributed by atoms with Crippen LogP contribution in [-0.4, -0.2) is 36.3 Å². The molecule has 1 atom stereocenters. The Labute approximate surface area is 120 Å². The highest BCUT2D eigenvalue weighted by atomic mass is 127. The standard InChI is InChI=1S/C13H15IN2O2/c1-8-4-3-5-9(11(8)14)12(17)15-10-6-7-16(2)13(10)18/h3-5,10H,6-7H2,1-2H3,(H,15,17). The molecule has 1 fully saturated rings. The van der Waals surface area contributed by atoms with E-state index >= 15 is 0 Å². The number of halogens is 1. The zero-order valence-corrected chi connectivity index (χ0v) is 12.5. The maximum Gasteiger partial charge on any atom is 0.253 e. The number of likely N-dealkylation sites (tertiary alicyclic amines) is 1. The molecule has 1 unspecified atom stereocenters. The SMILES string of the molecule is Cc1cccc(C(=O)NC2CCN(C)C2=O)c1I. The van der Waals surface area contributed by atoms with Crippen molar-refractivity contribution in [3.8, 4) is 0 Å². The van der Waals surface area contributed by atoms with Gasteiger partial charge in [-0.2, -0.15) is 0 Å². The molecular formula is C13H15IN2O2. The Hall–Kier alpha value is -1.11. The lowest BCUT2D eigenvalue weighted by atomic mass is 10.1. The van der Waals surface area contributed by atoms with Gasteiger partial charge >= 0.3 is 0 Å². The van der Waals surface area contributed by atoms with Crippen LogP contribution < -0.4 is 5.32 Å². The molecule has 4 nitrogen and oxygen atoms in total. The molecule has 1 aliphatic heterocycles. The third-order valence-electron chi connectivity index (χ3n) is 3.17. The van der Waals surface area contributed by atoms with Gasteiger partial charge in [0.05, 0.1) is 5.56 Å². The van der Waals surface area contributed by atoms with Crippen molar-refractivity contribution in [3.05, 3.63) is 32.9 Å². The summed E-state index contributed by atoms with van der Waals surface area (Å²) in [6.07, 6.45) is 0.684. The molecule has 0 bridgehead atoms. The van der Waals surface area contributed by atoms with Gasteiger partial charge in [0.25, 0.3) is 5.91 Å². The van der Waals surface area contributed by atoms with E-state index in [9.17, 15) is 9.59 Å². The first-order valence-electron chi connectivity index (χ1n) is 5.81. The van der Waals surface area contributed by atoms with E-state index in [1.165, 1.54) is 0 Å². The maximum absolute atomic E-state index is 12.1. The monoisotopic (exact) mass is 358 g/mol. The number of likely N-dealkylation sites (N-methyl/N-ethyl adjacent to an activating group) is 1. The summed E-state index contributed by atoms with van der Waals surface area (Å²) >= 11 is 2.16. The number of aryl methyl sites for hydroxylation is 1. The average molecular weight is 358 g/mol. The molecule has 5 heteroatoms. The van der Waals surface area contributed by atoms with Gasteiger partial charge in [-0.05, 0) is 47.6 Å². The van der Waals surface area contributed by atoms with Crippen LogP contribution in [0.25, 0.3) is 0 Å². The van der Waals surface area contributed by atoms with E-state index in [1.807, 2.05) is 19.1 Å². The van der Waals surface area contributed by atoms with Crippen molar-refractivity contribution < 1.29 is 9.59 Å². The molecule has 2 amide bonds. The summed E-state index contributed by atoms with van der Waals surface area (Å²) in [7, 11) is 1.75. The largest absolute Gasteiger partial charge is 0.344 e. The van der Waals surface area contributed by atoms with Crippen molar-refractivity contribution in [1.82, 2.24) is 10.2 Å². The number of hydrogen-bond acceptors (Lipinski definition) is 2. The van der Waals surface area contributed by atoms with Gasteiger partial charge in [0.15, 0.2) is 0 Å². The first-order chi connectivity index (χ1) is 8.50. The van der Waals surface area contributed by atoms with Gasteiger partial charge in [-0.1, -0.05) is 12.1 Å². The summed E-state index contributed by atoms with van der Waals surface area (Å²) in [4.78, 5) is 25.5. The first kappa shape index (κ1) is 13.3. The summed E-state index contributed by atoms with van der Waals surface area (Å²) in [6, 6.07) is 5.23. The van der Waals surface area contributed by atoms with Gasteiger partial charge in [0, 0.05) is 17.2 Å². The Morgan fingerprint density at radius 1 is 1.50 bits per heavy atom. The molecule has 1 saturated heterocycles. The van der Waals surface area contributed by atoms with Crippen LogP contribution in [0.1, 0.15) is 22.3 Å². The minimum atomic E-state index is -0.376. The summed E-state index contributed by atoms with van der Waals surface area (Å²) in [5.41, 5.74) is 1.70. The van der Waals surface area contributed by atoms with Crippen molar-refractivity contribution in [2.45, 2.75) is 19.4 Å². The lowest BCUT2D eigenvalue weighted by molar-refractivity contribution is -0.128. The zero-order valence-electron chi connectivity index (χ0n) is 10.4. The Morgan fingerprint density at radius 2 is 2.22 bits per heavy atom. The normalized spacial score (nSPS) is 19.2. The van der Waals surface area contributed by atoms with Gasteiger partial charge < -0.3 is 10.2 Å². The molecule has 18 heavy (non-hydrogen) atoms. The molecule has 1 N–H and O–H groups in total. The van der Waals surface area contributed by atoms with E-state index < -0.39 is 0 Å². The average Bonchev–Trinajstić information content (AvgIpc) is 2.64. The van der Waals surface area contributed by atoms with Crippen molar-refractivity contribution >= 4 is 34.4 Å². The van der Waals surface area contributed by atoms with Crippen LogP contribution in [0.3, 0.4) is 0 Å². The van der Waals surface area contributed by atoms with Crippen LogP contribution in [-0.2, 0) is 4.79 Å². The van der Waals surface area contributed by atoms with Gasteiger partial charge in [-0.15, -0.1) is 0 Å². The minimum Gasteiger partial charge on any atom is -0.344 e. The molecule has 0 saturated carbocycles. The fraction of sp³-hybridized carbons (Fsp3) is 0.385. The van der Waals surface area contributed by atoms with E-state index in [0.29, 0.717) is 18.5 Å². The van der Waals surface area contributed by atoms with Gasteiger partial charge in [-0.3, -0.25) is 9.59 Å². The smallest absolute Gasteiger partial charge is 0.253 e. The van der Waals surface area contributed by atoms with Crippen LogP contribution in [0.15, 0.2) is 18.2 Å². The van der Waals surface area contributed by atoms with E-state index in [-0.39, 0.29) is 17.9 Å². The molecule has 0 aliphatic carbocycles. The summed E-state index contributed by atoms with van der Waals surface area (Å²) in [5, 5.41) is 2.81. The number of rotatable bonds is 2. The molecule has 1 aromatic carbocycles. The molecule has 1 aliphatic rings. The Kier molecular flexibility index (Phi) is 3.89. The molecule has 2 rings (SSSR count). The van der Waals surface area contributed by atoms with E-state index in [1.54, 1.807) is 18.0 Å². The molecule has 0 aromatic heterocycles. The fourth-order valence-corrected chi connectivity index (χ4v) is 2.62. The van der Waals surface area contributed by atoms with Crippen LogP contribution in [0.5, 0.6) is 0 Å². The Balaban J connectivity index is 2.13. The number of carbonyl (C=O) groups is 2. The van der Waals surface area contributed by atoms with Crippen molar-refractivity contribution in [3.63, 3.8) is 0 Å². The third-order valence-corrected chi connectivity index (χ3v) is 4.60. The molecule has 0 radical (unpaired) electrons. The highest BCUT2D eigenvalue weighted by Gasteiger charge is 2.30. The number of carbonyl (C=O) groups excluding carboxylic acids is 2. The number of nitrogens with zero attached hydrogens (tertiary/aromatic N) is 1. The topological polar surface area (TPSA) is 49.4 Å². The Bertz CT molecular complexity index is 502. The van der Waals surface area contributed by atoms with Crippen LogP contribution in [0.4, 0.5) is 0 Å². The lowest BCUT2D eigenvalue weighted by Gasteiger charge is -2.13. The van der Waals surface area contributed by atoms with Crippen molar-refractivity contribution in [2.75, 3.05) is 13.6 Å². The van der Waals surface area contributed by atoms with E-state index in [2.05, 4.69) is 27.9 Å². The number of benzene rings is 1. The summed E-state index contributed by atoms with van der Waals surface area (Å²) in [5.74, 6) is -0.178. The van der Waals surface area contributed by atoms with Crippen LogP contribution in [0, 0.1) is 10.5 Å². The predicted octanol–water partition coefficient (Wildman–Crippen LogP) is 1.56. The summed E-state index contributed by atoms with van der Waals surface area (Å²) in [6.45, 7) is 2.67. The van der Waals surface area contributed by atoms with Gasteiger partial charge in [0.1, 0.15) is 6.04 Å². The maximum atomic E-state index is 12.1. The molecule has 96 valence electrons. The third kappa shape index (κ3) is 2.50. The molecule has 1 aromatic rings. The number of hydrogen-bond donors (Lipinski definition) is 1. The molecular weight excluding hydrogens is 343 g/mol. The fourth-order valence-electron chi connectivity index (χ4n) is 2.02. The predicted molar refractivity (Wildman–Crippen MR) is 77.4 cm³/mol.